The SMILES string of the molecule is CCCCCCC(CCCCC)CC(C)=O. The van der Waals surface area contributed by atoms with E-state index in [0.29, 0.717) is 11.7 Å². The molecule has 1 heteroatoms. The summed E-state index contributed by atoms with van der Waals surface area (Å²) in [6, 6.07) is 0. The van der Waals surface area contributed by atoms with Gasteiger partial charge in [0.2, 0.25) is 0 Å². The van der Waals surface area contributed by atoms with E-state index in [1.807, 2.05) is 0 Å². The van der Waals surface area contributed by atoms with Crippen molar-refractivity contribution in [1.82, 2.24) is 0 Å². The fourth-order valence-electron chi connectivity index (χ4n) is 2.30. The number of ketones is 1. The van der Waals surface area contributed by atoms with Gasteiger partial charge in [0.15, 0.2) is 0 Å². The lowest BCUT2D eigenvalue weighted by Gasteiger charge is -2.15. The van der Waals surface area contributed by atoms with Gasteiger partial charge in [-0.05, 0) is 12.8 Å². The molecular formula is C15H30O. The number of hydrogen-bond donors (Lipinski definition) is 0. The lowest BCUT2D eigenvalue weighted by atomic mass is 9.91. The summed E-state index contributed by atoms with van der Waals surface area (Å²) >= 11 is 0. The van der Waals surface area contributed by atoms with Crippen LogP contribution in [-0.2, 0) is 4.79 Å². The Morgan fingerprint density at radius 1 is 0.875 bits per heavy atom. The Morgan fingerprint density at radius 2 is 1.38 bits per heavy atom. The Kier molecular flexibility index (Phi) is 10.9. The first-order valence-corrected chi connectivity index (χ1v) is 7.20. The van der Waals surface area contributed by atoms with Crippen molar-refractivity contribution in [2.24, 2.45) is 5.92 Å². The maximum atomic E-state index is 11.2. The van der Waals surface area contributed by atoms with Crippen LogP contribution in [0.1, 0.15) is 85.0 Å². The summed E-state index contributed by atoms with van der Waals surface area (Å²) in [4.78, 5) is 11.2. The van der Waals surface area contributed by atoms with E-state index in [1.54, 1.807) is 6.92 Å². The van der Waals surface area contributed by atoms with Crippen molar-refractivity contribution in [3.63, 3.8) is 0 Å². The highest BCUT2D eigenvalue weighted by molar-refractivity contribution is 5.75. The molecule has 0 bridgehead atoms. The van der Waals surface area contributed by atoms with E-state index in [2.05, 4.69) is 13.8 Å². The van der Waals surface area contributed by atoms with Crippen LogP contribution in [0.4, 0.5) is 0 Å². The lowest BCUT2D eigenvalue weighted by Crippen LogP contribution is -2.06. The van der Waals surface area contributed by atoms with Gasteiger partial charge < -0.3 is 4.79 Å². The topological polar surface area (TPSA) is 17.1 Å². The van der Waals surface area contributed by atoms with Gasteiger partial charge in [0.05, 0.1) is 0 Å². The lowest BCUT2D eigenvalue weighted by molar-refractivity contribution is -0.118. The van der Waals surface area contributed by atoms with Gasteiger partial charge >= 0.3 is 0 Å². The number of Topliss-reactive ketones (excluding diaryl/α,β-unsaturated/α-hetero) is 1. The number of carbonyl (C=O) groups is 1. The maximum absolute atomic E-state index is 11.2. The molecule has 0 fully saturated rings. The number of rotatable bonds is 11. The summed E-state index contributed by atoms with van der Waals surface area (Å²) in [5, 5.41) is 0. The zero-order valence-electron chi connectivity index (χ0n) is 11.6. The third-order valence-corrected chi connectivity index (χ3v) is 3.26. The van der Waals surface area contributed by atoms with Crippen LogP contribution in [0.2, 0.25) is 0 Å². The van der Waals surface area contributed by atoms with Gasteiger partial charge in [-0.2, -0.15) is 0 Å². The third-order valence-electron chi connectivity index (χ3n) is 3.26. The van der Waals surface area contributed by atoms with Gasteiger partial charge in [-0.1, -0.05) is 71.6 Å². The molecule has 1 nitrogen and oxygen atoms in total. The fourth-order valence-corrected chi connectivity index (χ4v) is 2.30. The molecule has 0 aromatic rings. The zero-order valence-corrected chi connectivity index (χ0v) is 11.6. The molecule has 0 aliphatic carbocycles. The highest BCUT2D eigenvalue weighted by Crippen LogP contribution is 2.21. The van der Waals surface area contributed by atoms with Crippen LogP contribution in [0.3, 0.4) is 0 Å². The Morgan fingerprint density at radius 3 is 1.88 bits per heavy atom. The van der Waals surface area contributed by atoms with Crippen LogP contribution in [-0.4, -0.2) is 5.78 Å². The third kappa shape index (κ3) is 10.2. The summed E-state index contributed by atoms with van der Waals surface area (Å²) in [5.74, 6) is 1.04. The van der Waals surface area contributed by atoms with Crippen LogP contribution in [0.25, 0.3) is 0 Å². The highest BCUT2D eigenvalue weighted by atomic mass is 16.1. The standard InChI is InChI=1S/C15H30O/c1-4-6-8-10-12-15(13-14(3)16)11-9-7-5-2/h15H,4-13H2,1-3H3. The van der Waals surface area contributed by atoms with E-state index in [-0.39, 0.29) is 0 Å². The average Bonchev–Trinajstić information content (AvgIpc) is 2.23. The summed E-state index contributed by atoms with van der Waals surface area (Å²) in [7, 11) is 0. The zero-order chi connectivity index (χ0) is 12.2. The molecule has 0 aromatic heterocycles. The molecule has 0 aliphatic heterocycles. The first kappa shape index (κ1) is 15.7. The molecule has 0 heterocycles. The van der Waals surface area contributed by atoms with Crippen LogP contribution < -0.4 is 0 Å². The van der Waals surface area contributed by atoms with Crippen molar-refractivity contribution in [2.75, 3.05) is 0 Å². The van der Waals surface area contributed by atoms with E-state index in [4.69, 9.17) is 0 Å². The Balaban J connectivity index is 3.67. The van der Waals surface area contributed by atoms with Crippen LogP contribution in [0.15, 0.2) is 0 Å². The molecule has 0 amide bonds. The first-order chi connectivity index (χ1) is 7.70. The molecule has 0 aromatic carbocycles. The van der Waals surface area contributed by atoms with Crippen LogP contribution in [0, 0.1) is 5.92 Å². The van der Waals surface area contributed by atoms with E-state index >= 15 is 0 Å². The van der Waals surface area contributed by atoms with Crippen LogP contribution in [0.5, 0.6) is 0 Å². The molecule has 0 N–H and O–H groups in total. The second-order valence-electron chi connectivity index (χ2n) is 5.12. The summed E-state index contributed by atoms with van der Waals surface area (Å²) in [6.07, 6.45) is 12.6. The van der Waals surface area contributed by atoms with Gasteiger partial charge in [0, 0.05) is 6.42 Å². The van der Waals surface area contributed by atoms with E-state index in [1.165, 1.54) is 57.8 Å². The number of hydrogen-bond acceptors (Lipinski definition) is 1. The summed E-state index contributed by atoms with van der Waals surface area (Å²) < 4.78 is 0. The van der Waals surface area contributed by atoms with Crippen molar-refractivity contribution in [3.8, 4) is 0 Å². The first-order valence-electron chi connectivity index (χ1n) is 7.20. The quantitative estimate of drug-likeness (QED) is 0.446. The molecular weight excluding hydrogens is 196 g/mol. The second-order valence-corrected chi connectivity index (χ2v) is 5.12. The average molecular weight is 226 g/mol. The van der Waals surface area contributed by atoms with E-state index in [0.717, 1.165) is 6.42 Å². The van der Waals surface area contributed by atoms with E-state index in [9.17, 15) is 4.79 Å². The predicted molar refractivity (Wildman–Crippen MR) is 71.7 cm³/mol. The Bertz CT molecular complexity index is 163. The molecule has 0 rings (SSSR count). The van der Waals surface area contributed by atoms with Crippen molar-refractivity contribution in [1.29, 1.82) is 0 Å². The molecule has 0 saturated carbocycles. The summed E-state index contributed by atoms with van der Waals surface area (Å²) in [6.45, 7) is 6.22. The fraction of sp³-hybridized carbons (Fsp3) is 0.933. The Labute approximate surface area is 102 Å². The van der Waals surface area contributed by atoms with Gasteiger partial charge in [0.1, 0.15) is 5.78 Å². The molecule has 0 radical (unpaired) electrons. The van der Waals surface area contributed by atoms with Gasteiger partial charge in [-0.3, -0.25) is 0 Å². The monoisotopic (exact) mass is 226 g/mol. The molecule has 0 saturated heterocycles. The smallest absolute Gasteiger partial charge is 0.130 e. The van der Waals surface area contributed by atoms with Crippen molar-refractivity contribution in [2.45, 2.75) is 85.0 Å². The minimum Gasteiger partial charge on any atom is -0.300 e. The normalized spacial score (nSPS) is 12.7. The minimum atomic E-state index is 0.372. The predicted octanol–water partition coefficient (Wildman–Crippen LogP) is 5.13. The van der Waals surface area contributed by atoms with Gasteiger partial charge in [-0.25, -0.2) is 0 Å². The second kappa shape index (κ2) is 11.2. The molecule has 96 valence electrons. The molecule has 0 spiro atoms. The van der Waals surface area contributed by atoms with Crippen molar-refractivity contribution >= 4 is 5.78 Å². The van der Waals surface area contributed by atoms with Crippen molar-refractivity contribution < 1.29 is 4.79 Å². The molecule has 1 atom stereocenters. The van der Waals surface area contributed by atoms with Crippen molar-refractivity contribution in [3.05, 3.63) is 0 Å². The number of carbonyl (C=O) groups excluding carboxylic acids is 1. The maximum Gasteiger partial charge on any atom is 0.130 e. The highest BCUT2D eigenvalue weighted by Gasteiger charge is 2.10. The molecule has 0 aliphatic rings. The van der Waals surface area contributed by atoms with Crippen LogP contribution >= 0.6 is 0 Å². The van der Waals surface area contributed by atoms with Gasteiger partial charge in [0.25, 0.3) is 0 Å². The number of unbranched alkanes of at least 4 members (excludes halogenated alkanes) is 5. The van der Waals surface area contributed by atoms with Gasteiger partial charge in [-0.15, -0.1) is 0 Å². The molecule has 16 heavy (non-hydrogen) atoms. The molecule has 1 unspecified atom stereocenters. The minimum absolute atomic E-state index is 0.372. The largest absolute Gasteiger partial charge is 0.300 e. The van der Waals surface area contributed by atoms with E-state index < -0.39 is 0 Å². The Hall–Kier alpha value is -0.330. The summed E-state index contributed by atoms with van der Waals surface area (Å²) in [5.41, 5.74) is 0.